The van der Waals surface area contributed by atoms with Crippen LogP contribution in [0.15, 0.2) is 0 Å². The molecule has 0 radical (unpaired) electrons. The maximum Gasteiger partial charge on any atom is 0.313 e. The molecule has 6 aliphatic rings. The number of aliphatic hydroxyl groups is 1. The van der Waals surface area contributed by atoms with Crippen LogP contribution in [-0.2, 0) is 19.1 Å². The minimum Gasteiger partial charge on any atom is -0.455 e. The second-order valence-corrected chi connectivity index (χ2v) is 14.9. The van der Waals surface area contributed by atoms with Crippen LogP contribution >= 0.6 is 0 Å². The first kappa shape index (κ1) is 25.3. The van der Waals surface area contributed by atoms with Crippen molar-refractivity contribution in [2.24, 2.45) is 56.7 Å². The molecule has 4 aliphatic carbocycles. The summed E-state index contributed by atoms with van der Waals surface area (Å²) < 4.78 is 29.4. The number of hydrogen-bond acceptors (Lipinski definition) is 5. The maximum absolute atomic E-state index is 17.2. The molecule has 0 aromatic heterocycles. The van der Waals surface area contributed by atoms with Gasteiger partial charge >= 0.3 is 5.97 Å². The fourth-order valence-electron chi connectivity index (χ4n) is 11.7. The molecule has 202 valence electrons. The second kappa shape index (κ2) is 7.34. The molecular formula is C30H45FO5. The van der Waals surface area contributed by atoms with E-state index < -0.39 is 39.7 Å². The van der Waals surface area contributed by atoms with E-state index in [9.17, 15) is 14.7 Å². The molecule has 6 heteroatoms. The number of carbonyl (C=O) groups is 2. The van der Waals surface area contributed by atoms with Gasteiger partial charge in [-0.15, -0.1) is 0 Å². The highest BCUT2D eigenvalue weighted by atomic mass is 19.1. The van der Waals surface area contributed by atoms with Crippen molar-refractivity contribution in [2.45, 2.75) is 111 Å². The quantitative estimate of drug-likeness (QED) is 0.378. The predicted octanol–water partition coefficient (Wildman–Crippen LogP) is 5.48. The van der Waals surface area contributed by atoms with Crippen molar-refractivity contribution < 1.29 is 28.6 Å². The van der Waals surface area contributed by atoms with Crippen LogP contribution in [-0.4, -0.2) is 42.0 Å². The number of carbonyl (C=O) groups excluding carboxylic acids is 2. The summed E-state index contributed by atoms with van der Waals surface area (Å²) in [6.07, 6.45) is 4.55. The number of hydrogen-bond donors (Lipinski definition) is 1. The number of ether oxygens (including phenoxy) is 2. The highest BCUT2D eigenvalue weighted by molar-refractivity contribution is 5.82. The summed E-state index contributed by atoms with van der Waals surface area (Å²) in [5, 5.41) is 10.8. The van der Waals surface area contributed by atoms with Crippen LogP contribution in [0.3, 0.4) is 0 Å². The van der Waals surface area contributed by atoms with E-state index in [0.29, 0.717) is 18.8 Å². The summed E-state index contributed by atoms with van der Waals surface area (Å²) in [7, 11) is 0. The first-order chi connectivity index (χ1) is 16.8. The van der Waals surface area contributed by atoms with Crippen molar-refractivity contribution in [3.63, 3.8) is 0 Å². The van der Waals surface area contributed by atoms with Gasteiger partial charge in [0.1, 0.15) is 12.5 Å². The minimum absolute atomic E-state index is 0.00464. The molecule has 6 fully saturated rings. The molecule has 2 bridgehead atoms. The summed E-state index contributed by atoms with van der Waals surface area (Å²) in [4.78, 5) is 26.1. The molecule has 0 amide bonds. The molecule has 0 aromatic rings. The Balaban J connectivity index is 1.51. The van der Waals surface area contributed by atoms with Gasteiger partial charge in [-0.3, -0.25) is 4.79 Å². The van der Waals surface area contributed by atoms with Crippen LogP contribution in [0, 0.1) is 56.7 Å². The molecule has 5 nitrogen and oxygen atoms in total. The third kappa shape index (κ3) is 2.55. The Labute approximate surface area is 215 Å². The number of aliphatic hydroxyl groups excluding tert-OH is 1. The first-order valence-electron chi connectivity index (χ1n) is 14.4. The highest BCUT2D eigenvalue weighted by Gasteiger charge is 2.84. The summed E-state index contributed by atoms with van der Waals surface area (Å²) >= 11 is 0. The van der Waals surface area contributed by atoms with E-state index in [-0.39, 0.29) is 41.7 Å². The topological polar surface area (TPSA) is 72.8 Å². The second-order valence-electron chi connectivity index (χ2n) is 14.9. The Morgan fingerprint density at radius 1 is 1.03 bits per heavy atom. The third-order valence-electron chi connectivity index (χ3n) is 13.9. The van der Waals surface area contributed by atoms with Gasteiger partial charge in [0.25, 0.3) is 0 Å². The van der Waals surface area contributed by atoms with Gasteiger partial charge in [-0.2, -0.15) is 0 Å². The first-order valence-corrected chi connectivity index (χ1v) is 14.4. The summed E-state index contributed by atoms with van der Waals surface area (Å²) in [5.74, 6) is 0.373. The monoisotopic (exact) mass is 504 g/mol. The summed E-state index contributed by atoms with van der Waals surface area (Å²) in [6.45, 7) is 13.3. The van der Waals surface area contributed by atoms with Crippen molar-refractivity contribution in [3.8, 4) is 0 Å². The van der Waals surface area contributed by atoms with Gasteiger partial charge in [0.15, 0.2) is 11.9 Å². The lowest BCUT2D eigenvalue weighted by Crippen LogP contribution is -2.75. The average molecular weight is 505 g/mol. The molecule has 4 saturated carbocycles. The number of aldehydes is 1. The third-order valence-corrected chi connectivity index (χ3v) is 13.9. The molecule has 2 heterocycles. The molecular weight excluding hydrogens is 459 g/mol. The zero-order valence-corrected chi connectivity index (χ0v) is 22.9. The van der Waals surface area contributed by atoms with E-state index in [2.05, 4.69) is 34.6 Å². The van der Waals surface area contributed by atoms with Crippen molar-refractivity contribution >= 4 is 12.3 Å². The van der Waals surface area contributed by atoms with Crippen molar-refractivity contribution in [1.29, 1.82) is 0 Å². The van der Waals surface area contributed by atoms with E-state index >= 15 is 4.39 Å². The Hall–Kier alpha value is -1.01. The van der Waals surface area contributed by atoms with Crippen LogP contribution in [0.25, 0.3) is 0 Å². The lowest BCUT2D eigenvalue weighted by Gasteiger charge is -2.73. The largest absolute Gasteiger partial charge is 0.455 e. The molecule has 6 rings (SSSR count). The molecule has 13 atom stereocenters. The van der Waals surface area contributed by atoms with Gasteiger partial charge in [0.05, 0.1) is 12.0 Å². The van der Waals surface area contributed by atoms with Gasteiger partial charge in [-0.1, -0.05) is 41.5 Å². The van der Waals surface area contributed by atoms with E-state index in [4.69, 9.17) is 9.47 Å². The van der Waals surface area contributed by atoms with E-state index in [1.54, 1.807) is 0 Å². The number of alkyl halides is 1. The Morgan fingerprint density at radius 2 is 1.75 bits per heavy atom. The molecule has 2 aliphatic heterocycles. The molecule has 1 N–H and O–H groups in total. The average Bonchev–Trinajstić information content (AvgIpc) is 2.98. The lowest BCUT2D eigenvalue weighted by molar-refractivity contribution is -0.303. The molecule has 0 unspecified atom stereocenters. The summed E-state index contributed by atoms with van der Waals surface area (Å²) in [6, 6.07) is 0. The van der Waals surface area contributed by atoms with Gasteiger partial charge in [0, 0.05) is 23.2 Å². The Bertz CT molecular complexity index is 986. The molecule has 0 aromatic carbocycles. The van der Waals surface area contributed by atoms with Crippen LogP contribution in [0.1, 0.15) is 92.9 Å². The Kier molecular flexibility index (Phi) is 5.15. The van der Waals surface area contributed by atoms with Crippen LogP contribution in [0.5, 0.6) is 0 Å². The molecule has 1 spiro atoms. The fraction of sp³-hybridized carbons (Fsp3) is 0.933. The van der Waals surface area contributed by atoms with Crippen molar-refractivity contribution in [1.82, 2.24) is 0 Å². The van der Waals surface area contributed by atoms with Gasteiger partial charge in [0.2, 0.25) is 0 Å². The number of halogens is 1. The lowest BCUT2D eigenvalue weighted by atomic mass is 9.31. The zero-order valence-electron chi connectivity index (χ0n) is 22.9. The zero-order chi connectivity index (χ0) is 26.1. The standard InChI is InChI=1S/C30H45FO5/c1-17-7-10-29-12-11-28(6)27(5)9-8-19-25(3,15-32)16-35-22(33)14-26(19,4)20(27)13-21(31)30(28,36-24(29)34)23(29)18(17)2/h15,17-23,33H,7-14,16H2,1-6H3/t17-,18+,19+,20-,21-,22+,23-,25+,26+,27-,28+,29+,30+/m1/s1. The molecule has 2 saturated heterocycles. The van der Waals surface area contributed by atoms with E-state index in [1.165, 1.54) is 0 Å². The number of esters is 1. The van der Waals surface area contributed by atoms with Crippen LogP contribution < -0.4 is 0 Å². The van der Waals surface area contributed by atoms with Crippen LogP contribution in [0.4, 0.5) is 4.39 Å². The normalized spacial score (nSPS) is 62.1. The van der Waals surface area contributed by atoms with E-state index in [0.717, 1.165) is 44.8 Å². The van der Waals surface area contributed by atoms with Crippen molar-refractivity contribution in [2.75, 3.05) is 6.61 Å². The SMILES string of the molecule is C[C@H]1[C@H](C)CC[C@@]23CC[C@]4(C)[C@](OC2=O)([C@H](F)C[C@@H]2[C@@]5(C)C[C@@H](O)OC[C@](C)(C=O)[C@@H]5CC[C@]24C)[C@H]13. The van der Waals surface area contributed by atoms with Crippen LogP contribution in [0.2, 0.25) is 0 Å². The highest BCUT2D eigenvalue weighted by Crippen LogP contribution is 2.80. The molecule has 36 heavy (non-hydrogen) atoms. The summed E-state index contributed by atoms with van der Waals surface area (Å²) in [5.41, 5.74) is -3.62. The maximum atomic E-state index is 17.2. The smallest absolute Gasteiger partial charge is 0.313 e. The number of rotatable bonds is 1. The number of fused-ring (bicyclic) bond motifs is 4. The predicted molar refractivity (Wildman–Crippen MR) is 132 cm³/mol. The van der Waals surface area contributed by atoms with Gasteiger partial charge < -0.3 is 19.4 Å². The van der Waals surface area contributed by atoms with Gasteiger partial charge in [-0.05, 0) is 79.4 Å². The fourth-order valence-corrected chi connectivity index (χ4v) is 11.7. The Morgan fingerprint density at radius 3 is 2.44 bits per heavy atom. The van der Waals surface area contributed by atoms with Crippen molar-refractivity contribution in [3.05, 3.63) is 0 Å². The van der Waals surface area contributed by atoms with E-state index in [1.807, 2.05) is 6.92 Å². The minimum atomic E-state index is -1.26. The van der Waals surface area contributed by atoms with Gasteiger partial charge in [-0.25, -0.2) is 4.39 Å².